The van der Waals surface area contributed by atoms with Gasteiger partial charge in [-0.3, -0.25) is 0 Å². The number of nitrogens with zero attached hydrogens (tertiary/aromatic N) is 1. The van der Waals surface area contributed by atoms with E-state index in [4.69, 9.17) is 0 Å². The van der Waals surface area contributed by atoms with Crippen LogP contribution in [-0.2, 0) is 6.54 Å². The van der Waals surface area contributed by atoms with E-state index in [1.54, 1.807) is 11.9 Å². The predicted molar refractivity (Wildman–Crippen MR) is 74.3 cm³/mol. The summed E-state index contributed by atoms with van der Waals surface area (Å²) in [5.74, 6) is -0.317. The quantitative estimate of drug-likeness (QED) is 0.763. The minimum atomic E-state index is -0.462. The van der Waals surface area contributed by atoms with Gasteiger partial charge in [0.25, 0.3) is 0 Å². The van der Waals surface area contributed by atoms with Crippen molar-refractivity contribution in [2.45, 2.75) is 32.7 Å². The van der Waals surface area contributed by atoms with Crippen molar-refractivity contribution in [1.29, 1.82) is 0 Å². The van der Waals surface area contributed by atoms with Gasteiger partial charge in [-0.15, -0.1) is 0 Å². The van der Waals surface area contributed by atoms with Crippen LogP contribution in [0.2, 0.25) is 0 Å². The number of anilines is 1. The maximum Gasteiger partial charge on any atom is 0.149 e. The van der Waals surface area contributed by atoms with Gasteiger partial charge in [0.2, 0.25) is 0 Å². The number of rotatable bonds is 7. The van der Waals surface area contributed by atoms with Crippen LogP contribution < -0.4 is 10.2 Å². The number of hydrogen-bond acceptors (Lipinski definition) is 2. The summed E-state index contributed by atoms with van der Waals surface area (Å²) in [6.07, 6.45) is 3.35. The number of hydrogen-bond donors (Lipinski definition) is 1. The summed E-state index contributed by atoms with van der Waals surface area (Å²) in [6.45, 7) is 4.16. The Bertz CT molecular complexity index is 407. The molecule has 0 aromatic heterocycles. The number of nitrogens with one attached hydrogen (secondary N) is 1. The van der Waals surface area contributed by atoms with Crippen LogP contribution in [0.25, 0.3) is 0 Å². The topological polar surface area (TPSA) is 15.3 Å². The first-order valence-electron chi connectivity index (χ1n) is 7.01. The Balaban J connectivity index is 2.06. The third kappa shape index (κ3) is 3.90. The first kappa shape index (κ1) is 14.3. The number of benzene rings is 1. The lowest BCUT2D eigenvalue weighted by Gasteiger charge is -2.21. The summed E-state index contributed by atoms with van der Waals surface area (Å²) in [6, 6.07) is 2.87. The molecule has 0 atom stereocenters. The monoisotopic (exact) mass is 268 g/mol. The smallest absolute Gasteiger partial charge is 0.149 e. The summed E-state index contributed by atoms with van der Waals surface area (Å²) >= 11 is 0. The fraction of sp³-hybridized carbons (Fsp3) is 0.600. The molecule has 1 saturated carbocycles. The van der Waals surface area contributed by atoms with Crippen molar-refractivity contribution in [1.82, 2.24) is 5.32 Å². The van der Waals surface area contributed by atoms with Crippen molar-refractivity contribution in [3.63, 3.8) is 0 Å². The van der Waals surface area contributed by atoms with Gasteiger partial charge in [-0.05, 0) is 49.4 Å². The largest absolute Gasteiger partial charge is 0.370 e. The summed E-state index contributed by atoms with van der Waals surface area (Å²) in [7, 11) is 1.76. The average molecular weight is 268 g/mol. The zero-order valence-electron chi connectivity index (χ0n) is 11.7. The van der Waals surface area contributed by atoms with E-state index in [0.717, 1.165) is 19.5 Å². The van der Waals surface area contributed by atoms with Crippen LogP contribution in [0, 0.1) is 17.6 Å². The van der Waals surface area contributed by atoms with Gasteiger partial charge in [0.05, 0.1) is 0 Å². The Morgan fingerprint density at radius 1 is 1.26 bits per heavy atom. The van der Waals surface area contributed by atoms with Crippen molar-refractivity contribution < 1.29 is 8.78 Å². The zero-order valence-corrected chi connectivity index (χ0v) is 11.7. The molecule has 0 saturated heterocycles. The highest BCUT2D eigenvalue weighted by molar-refractivity contribution is 5.50. The van der Waals surface area contributed by atoms with Gasteiger partial charge in [0.1, 0.15) is 17.3 Å². The van der Waals surface area contributed by atoms with E-state index in [2.05, 4.69) is 12.2 Å². The van der Waals surface area contributed by atoms with E-state index in [9.17, 15) is 8.78 Å². The second-order valence-corrected chi connectivity index (χ2v) is 5.41. The van der Waals surface area contributed by atoms with Crippen LogP contribution in [0.5, 0.6) is 0 Å². The summed E-state index contributed by atoms with van der Waals surface area (Å²) in [5, 5.41) is 3.15. The summed E-state index contributed by atoms with van der Waals surface area (Å²) in [5.41, 5.74) is 0.762. The molecule has 1 N–H and O–H groups in total. The molecule has 4 heteroatoms. The first-order valence-corrected chi connectivity index (χ1v) is 7.01. The van der Waals surface area contributed by atoms with Gasteiger partial charge in [0.15, 0.2) is 0 Å². The molecule has 106 valence electrons. The molecule has 2 nitrogen and oxygen atoms in total. The third-order valence-electron chi connectivity index (χ3n) is 3.44. The predicted octanol–water partition coefficient (Wildman–Crippen LogP) is 3.31. The van der Waals surface area contributed by atoms with Crippen LogP contribution >= 0.6 is 0 Å². The Morgan fingerprint density at radius 2 is 1.89 bits per heavy atom. The van der Waals surface area contributed by atoms with Crippen molar-refractivity contribution in [3.8, 4) is 0 Å². The molecule has 1 aliphatic rings. The fourth-order valence-electron chi connectivity index (χ4n) is 2.27. The third-order valence-corrected chi connectivity index (χ3v) is 3.44. The molecule has 2 rings (SSSR count). The second kappa shape index (κ2) is 6.33. The lowest BCUT2D eigenvalue weighted by Crippen LogP contribution is -2.23. The van der Waals surface area contributed by atoms with Crippen LogP contribution in [0.15, 0.2) is 12.1 Å². The molecular weight excluding hydrogens is 246 g/mol. The molecular formula is C15H22F2N2. The molecule has 0 radical (unpaired) electrons. The summed E-state index contributed by atoms with van der Waals surface area (Å²) < 4.78 is 28.1. The van der Waals surface area contributed by atoms with Gasteiger partial charge in [0, 0.05) is 20.1 Å². The highest BCUT2D eigenvalue weighted by atomic mass is 19.1. The Labute approximate surface area is 113 Å². The van der Waals surface area contributed by atoms with E-state index in [1.165, 1.54) is 25.0 Å². The molecule has 0 bridgehead atoms. The minimum Gasteiger partial charge on any atom is -0.370 e. The van der Waals surface area contributed by atoms with Crippen molar-refractivity contribution in [2.24, 2.45) is 5.92 Å². The second-order valence-electron chi connectivity index (χ2n) is 5.41. The summed E-state index contributed by atoms with van der Waals surface area (Å²) in [4.78, 5) is 1.70. The molecule has 0 unspecified atom stereocenters. The van der Waals surface area contributed by atoms with Crippen molar-refractivity contribution in [3.05, 3.63) is 29.3 Å². The lowest BCUT2D eigenvalue weighted by atomic mass is 10.1. The van der Waals surface area contributed by atoms with Crippen LogP contribution in [0.3, 0.4) is 0 Å². The van der Waals surface area contributed by atoms with E-state index >= 15 is 0 Å². The van der Waals surface area contributed by atoms with Gasteiger partial charge in [-0.25, -0.2) is 8.78 Å². The fourth-order valence-corrected chi connectivity index (χ4v) is 2.27. The molecule has 1 aromatic carbocycles. The van der Waals surface area contributed by atoms with E-state index in [0.29, 0.717) is 18.0 Å². The molecule has 0 amide bonds. The SMILES string of the molecule is CCCNCc1cc(F)c(N(C)CC2CC2)c(F)c1. The van der Waals surface area contributed by atoms with Crippen molar-refractivity contribution in [2.75, 3.05) is 25.0 Å². The van der Waals surface area contributed by atoms with Crippen molar-refractivity contribution >= 4 is 5.69 Å². The van der Waals surface area contributed by atoms with Crippen LogP contribution in [0.4, 0.5) is 14.5 Å². The van der Waals surface area contributed by atoms with E-state index in [-0.39, 0.29) is 5.69 Å². The minimum absolute atomic E-state index is 0.103. The van der Waals surface area contributed by atoms with Gasteiger partial charge >= 0.3 is 0 Å². The van der Waals surface area contributed by atoms with Crippen LogP contribution in [-0.4, -0.2) is 20.1 Å². The van der Waals surface area contributed by atoms with Gasteiger partial charge in [-0.1, -0.05) is 6.92 Å². The average Bonchev–Trinajstić information content (AvgIpc) is 3.12. The highest BCUT2D eigenvalue weighted by Gasteiger charge is 2.25. The Hall–Kier alpha value is -1.16. The standard InChI is InChI=1S/C15H22F2N2/c1-3-6-18-9-12-7-13(16)15(14(17)8-12)19(2)10-11-4-5-11/h7-8,11,18H,3-6,9-10H2,1-2H3. The Morgan fingerprint density at radius 3 is 2.42 bits per heavy atom. The van der Waals surface area contributed by atoms with Gasteiger partial charge < -0.3 is 10.2 Å². The van der Waals surface area contributed by atoms with E-state index in [1.807, 2.05) is 0 Å². The number of halogens is 2. The zero-order chi connectivity index (χ0) is 13.8. The lowest BCUT2D eigenvalue weighted by molar-refractivity contribution is 0.566. The molecule has 0 spiro atoms. The van der Waals surface area contributed by atoms with E-state index < -0.39 is 11.6 Å². The molecule has 1 aliphatic carbocycles. The first-order chi connectivity index (χ1) is 9.11. The maximum absolute atomic E-state index is 14.0. The molecule has 1 aromatic rings. The van der Waals surface area contributed by atoms with Crippen LogP contribution in [0.1, 0.15) is 31.7 Å². The molecule has 19 heavy (non-hydrogen) atoms. The molecule has 0 heterocycles. The Kier molecular flexibility index (Phi) is 4.75. The van der Waals surface area contributed by atoms with Gasteiger partial charge in [-0.2, -0.15) is 0 Å². The molecule has 1 fully saturated rings. The molecule has 0 aliphatic heterocycles. The normalized spacial score (nSPS) is 14.7. The maximum atomic E-state index is 14.0. The highest BCUT2D eigenvalue weighted by Crippen LogP contribution is 2.32.